The number of hydrogen-bond acceptors (Lipinski definition) is 1. The summed E-state index contributed by atoms with van der Waals surface area (Å²) in [5.41, 5.74) is 4.19. The molecule has 0 radical (unpaired) electrons. The molecule has 0 nitrogen and oxygen atoms in total. The highest BCUT2D eigenvalue weighted by molar-refractivity contribution is 8.02. The molecule has 0 rings (SSSR count). The molecule has 1 heteroatoms. The largest absolute Gasteiger partial charge is 0.134 e. The first-order chi connectivity index (χ1) is 8.56. The second-order valence-electron chi connectivity index (χ2n) is 3.44. The van der Waals surface area contributed by atoms with Gasteiger partial charge in [0.05, 0.1) is 0 Å². The van der Waals surface area contributed by atoms with E-state index in [1.807, 2.05) is 39.5 Å². The van der Waals surface area contributed by atoms with E-state index in [9.17, 15) is 0 Å². The third-order valence-electron chi connectivity index (χ3n) is 2.59. The van der Waals surface area contributed by atoms with Gasteiger partial charge in [-0.3, -0.25) is 0 Å². The Kier molecular flexibility index (Phi) is 20.9. The molecule has 0 amide bonds. The lowest BCUT2D eigenvalue weighted by Gasteiger charge is -2.06. The SMILES string of the molecule is CC.CC.C\C=C(C)/C(C)=C\C(CC)=C(/C)SC. The molecule has 0 atom stereocenters. The Bertz CT molecular complexity index is 267. The van der Waals surface area contributed by atoms with Crippen molar-refractivity contribution in [2.45, 2.75) is 68.7 Å². The fraction of sp³-hybridized carbons (Fsp3) is 0.647. The highest BCUT2D eigenvalue weighted by atomic mass is 32.2. The van der Waals surface area contributed by atoms with E-state index in [1.165, 1.54) is 21.6 Å². The molecule has 18 heavy (non-hydrogen) atoms. The fourth-order valence-electron chi connectivity index (χ4n) is 1.19. The van der Waals surface area contributed by atoms with Gasteiger partial charge in [0.15, 0.2) is 0 Å². The van der Waals surface area contributed by atoms with Gasteiger partial charge in [-0.15, -0.1) is 11.8 Å². The van der Waals surface area contributed by atoms with Gasteiger partial charge in [-0.2, -0.15) is 0 Å². The third-order valence-corrected chi connectivity index (χ3v) is 3.46. The van der Waals surface area contributed by atoms with E-state index in [1.54, 1.807) is 0 Å². The lowest BCUT2D eigenvalue weighted by atomic mass is 10.0. The Morgan fingerprint density at radius 1 is 0.944 bits per heavy atom. The smallest absolute Gasteiger partial charge is 0.0140 e. The molecule has 0 unspecified atom stereocenters. The molecule has 108 valence electrons. The van der Waals surface area contributed by atoms with Gasteiger partial charge in [0, 0.05) is 0 Å². The summed E-state index contributed by atoms with van der Waals surface area (Å²) >= 11 is 1.83. The zero-order valence-electron chi connectivity index (χ0n) is 14.3. The van der Waals surface area contributed by atoms with Gasteiger partial charge in [-0.05, 0) is 56.4 Å². The Hall–Kier alpha value is -0.430. The quantitative estimate of drug-likeness (QED) is 0.496. The van der Waals surface area contributed by atoms with Crippen LogP contribution in [0.4, 0.5) is 0 Å². The van der Waals surface area contributed by atoms with Crippen LogP contribution in [-0.2, 0) is 0 Å². The first kappa shape index (κ1) is 22.7. The summed E-state index contributed by atoms with van der Waals surface area (Å²) in [5, 5.41) is 0. The highest BCUT2D eigenvalue weighted by Gasteiger charge is 1.98. The minimum atomic E-state index is 1.11. The van der Waals surface area contributed by atoms with E-state index in [2.05, 4.69) is 53.0 Å². The lowest BCUT2D eigenvalue weighted by molar-refractivity contribution is 1.12. The van der Waals surface area contributed by atoms with Gasteiger partial charge >= 0.3 is 0 Å². The standard InChI is InChI=1S/C13H22S.2C2H6/c1-7-10(3)11(4)9-13(8-2)12(5)14-6;2*1-2/h7,9H,8H2,1-6H3;2*1-2H3/b10-7-,11-9-,13-12+;;. The maximum atomic E-state index is 2.31. The zero-order valence-corrected chi connectivity index (χ0v) is 15.1. The highest BCUT2D eigenvalue weighted by Crippen LogP contribution is 2.22. The molecule has 0 spiro atoms. The zero-order chi connectivity index (χ0) is 15.1. The van der Waals surface area contributed by atoms with Crippen molar-refractivity contribution in [2.75, 3.05) is 6.26 Å². The number of rotatable bonds is 4. The van der Waals surface area contributed by atoms with Gasteiger partial charge < -0.3 is 0 Å². The van der Waals surface area contributed by atoms with Gasteiger partial charge in [-0.25, -0.2) is 0 Å². The van der Waals surface area contributed by atoms with E-state index < -0.39 is 0 Å². The summed E-state index contributed by atoms with van der Waals surface area (Å²) < 4.78 is 0. The maximum Gasteiger partial charge on any atom is -0.0140 e. The molecule has 0 heterocycles. The van der Waals surface area contributed by atoms with Crippen LogP contribution < -0.4 is 0 Å². The van der Waals surface area contributed by atoms with Crippen LogP contribution in [0.15, 0.2) is 33.8 Å². The normalized spacial score (nSPS) is 12.8. The fourth-order valence-corrected chi connectivity index (χ4v) is 1.65. The number of allylic oxidation sites excluding steroid dienone is 6. The molecule has 0 aliphatic heterocycles. The molecule has 0 saturated carbocycles. The van der Waals surface area contributed by atoms with E-state index in [0.29, 0.717) is 0 Å². The first-order valence-electron chi connectivity index (χ1n) is 7.12. The van der Waals surface area contributed by atoms with Crippen LogP contribution in [0.2, 0.25) is 0 Å². The van der Waals surface area contributed by atoms with Gasteiger partial charge in [0.25, 0.3) is 0 Å². The number of thioether (sulfide) groups is 1. The molecule has 0 aromatic rings. The molecule has 0 saturated heterocycles. The van der Waals surface area contributed by atoms with Crippen molar-refractivity contribution < 1.29 is 0 Å². The van der Waals surface area contributed by atoms with Crippen LogP contribution in [0.5, 0.6) is 0 Å². The van der Waals surface area contributed by atoms with Crippen molar-refractivity contribution >= 4 is 11.8 Å². The van der Waals surface area contributed by atoms with Crippen molar-refractivity contribution in [1.29, 1.82) is 0 Å². The monoisotopic (exact) mass is 270 g/mol. The summed E-state index contributed by atoms with van der Waals surface area (Å²) in [6, 6.07) is 0. The van der Waals surface area contributed by atoms with Crippen LogP contribution in [-0.4, -0.2) is 6.26 Å². The molecular weight excluding hydrogens is 236 g/mol. The predicted octanol–water partition coefficient (Wildman–Crippen LogP) is 7.00. The minimum Gasteiger partial charge on any atom is -0.134 e. The topological polar surface area (TPSA) is 0 Å². The van der Waals surface area contributed by atoms with Crippen molar-refractivity contribution in [3.05, 3.63) is 33.8 Å². The predicted molar refractivity (Wildman–Crippen MR) is 92.4 cm³/mol. The van der Waals surface area contributed by atoms with Gasteiger partial charge in [0.2, 0.25) is 0 Å². The summed E-state index contributed by atoms with van der Waals surface area (Å²) in [7, 11) is 0. The minimum absolute atomic E-state index is 1.11. The summed E-state index contributed by atoms with van der Waals surface area (Å²) in [6.45, 7) is 18.8. The average molecular weight is 271 g/mol. The van der Waals surface area contributed by atoms with E-state index in [-0.39, 0.29) is 0 Å². The molecule has 0 aromatic heterocycles. The van der Waals surface area contributed by atoms with Gasteiger partial charge in [0.1, 0.15) is 0 Å². The van der Waals surface area contributed by atoms with Crippen molar-refractivity contribution in [3.8, 4) is 0 Å². The van der Waals surface area contributed by atoms with Crippen molar-refractivity contribution in [2.24, 2.45) is 0 Å². The summed E-state index contributed by atoms with van der Waals surface area (Å²) in [6.07, 6.45) is 7.71. The molecule has 0 aliphatic carbocycles. The molecule has 0 N–H and O–H groups in total. The second-order valence-corrected chi connectivity index (χ2v) is 4.46. The molecule has 0 bridgehead atoms. The first-order valence-corrected chi connectivity index (χ1v) is 8.34. The molecular formula is C17H34S. The van der Waals surface area contributed by atoms with Crippen LogP contribution in [0.25, 0.3) is 0 Å². The van der Waals surface area contributed by atoms with Crippen LogP contribution in [0.3, 0.4) is 0 Å². The Morgan fingerprint density at radius 3 is 1.67 bits per heavy atom. The third kappa shape index (κ3) is 10.7. The number of hydrogen-bond donors (Lipinski definition) is 0. The van der Waals surface area contributed by atoms with E-state index in [4.69, 9.17) is 0 Å². The van der Waals surface area contributed by atoms with Crippen LogP contribution in [0, 0.1) is 0 Å². The Morgan fingerprint density at radius 2 is 1.39 bits per heavy atom. The molecule has 0 aliphatic rings. The van der Waals surface area contributed by atoms with Gasteiger partial charge in [-0.1, -0.05) is 52.3 Å². The molecule has 0 fully saturated rings. The lowest BCUT2D eigenvalue weighted by Crippen LogP contribution is -1.85. The summed E-state index contributed by atoms with van der Waals surface area (Å²) in [5.74, 6) is 0. The Balaban J connectivity index is -0.000000506. The van der Waals surface area contributed by atoms with E-state index >= 15 is 0 Å². The average Bonchev–Trinajstić information content (AvgIpc) is 2.46. The van der Waals surface area contributed by atoms with Crippen molar-refractivity contribution in [3.63, 3.8) is 0 Å². The van der Waals surface area contributed by atoms with Crippen LogP contribution in [0.1, 0.15) is 68.7 Å². The van der Waals surface area contributed by atoms with Crippen molar-refractivity contribution in [1.82, 2.24) is 0 Å². The van der Waals surface area contributed by atoms with E-state index in [0.717, 1.165) is 6.42 Å². The second kappa shape index (κ2) is 16.6. The Labute approximate surface area is 121 Å². The summed E-state index contributed by atoms with van der Waals surface area (Å²) in [4.78, 5) is 1.43. The molecule has 0 aromatic carbocycles. The van der Waals surface area contributed by atoms with Crippen LogP contribution >= 0.6 is 11.8 Å². The maximum absolute atomic E-state index is 2.31.